The molecule has 0 saturated heterocycles. The Labute approximate surface area is 125 Å². The van der Waals surface area contributed by atoms with Crippen LogP contribution in [0.25, 0.3) is 0 Å². The van der Waals surface area contributed by atoms with Crippen molar-refractivity contribution in [3.63, 3.8) is 0 Å². The molecule has 0 bridgehead atoms. The van der Waals surface area contributed by atoms with Crippen LogP contribution in [0.1, 0.15) is 40.0 Å². The molecule has 1 aliphatic rings. The highest BCUT2D eigenvalue weighted by molar-refractivity contribution is 5.81. The quantitative estimate of drug-likeness (QED) is 0.505. The van der Waals surface area contributed by atoms with Crippen LogP contribution >= 0.6 is 0 Å². The molecule has 21 heavy (non-hydrogen) atoms. The maximum absolute atomic E-state index is 11.7. The van der Waals surface area contributed by atoms with Crippen LogP contribution in [0.2, 0.25) is 0 Å². The third-order valence-electron chi connectivity index (χ3n) is 3.29. The average Bonchev–Trinajstić information content (AvgIpc) is 2.81. The highest BCUT2D eigenvalue weighted by atomic mass is 16.4. The van der Waals surface area contributed by atoms with E-state index in [2.05, 4.69) is 10.6 Å². The lowest BCUT2D eigenvalue weighted by Crippen LogP contribution is -2.36. The van der Waals surface area contributed by atoms with Gasteiger partial charge in [0, 0.05) is 24.4 Å². The molecule has 0 aromatic heterocycles. The van der Waals surface area contributed by atoms with Crippen molar-refractivity contribution in [2.75, 3.05) is 6.54 Å². The molecule has 6 nitrogen and oxygen atoms in total. The van der Waals surface area contributed by atoms with Gasteiger partial charge in [0.15, 0.2) is 0 Å². The molecule has 0 radical (unpaired) electrons. The van der Waals surface area contributed by atoms with Crippen molar-refractivity contribution in [1.29, 1.82) is 0 Å². The number of rotatable bonds is 6. The van der Waals surface area contributed by atoms with Gasteiger partial charge in [-0.05, 0) is 12.8 Å². The van der Waals surface area contributed by atoms with Crippen LogP contribution < -0.4 is 10.6 Å². The van der Waals surface area contributed by atoms with Crippen molar-refractivity contribution in [3.8, 4) is 0 Å². The number of carboxylic acids is 1. The topological polar surface area (TPSA) is 95.5 Å². The lowest BCUT2D eigenvalue weighted by Gasteiger charge is -2.17. The molecule has 0 fully saturated rings. The molecule has 1 rings (SSSR count). The van der Waals surface area contributed by atoms with Crippen LogP contribution in [-0.4, -0.2) is 35.5 Å². The molecule has 2 amide bonds. The molecular formula is C15H24N2O4. The third-order valence-corrected chi connectivity index (χ3v) is 3.29. The average molecular weight is 296 g/mol. The van der Waals surface area contributed by atoms with Gasteiger partial charge in [-0.1, -0.05) is 32.9 Å². The minimum atomic E-state index is -0.868. The lowest BCUT2D eigenvalue weighted by atomic mass is 9.96. The Kier molecular flexibility index (Phi) is 5.93. The number of amides is 2. The minimum Gasteiger partial charge on any atom is -0.481 e. The van der Waals surface area contributed by atoms with Crippen molar-refractivity contribution in [3.05, 3.63) is 12.2 Å². The second-order valence-electron chi connectivity index (χ2n) is 6.35. The van der Waals surface area contributed by atoms with Crippen LogP contribution in [0, 0.1) is 11.3 Å². The molecule has 1 aliphatic carbocycles. The molecule has 2 unspecified atom stereocenters. The lowest BCUT2D eigenvalue weighted by molar-refractivity contribution is -0.140. The number of carbonyl (C=O) groups is 3. The standard InChI is InChI=1S/C15H24N2O4/c1-15(2,3)14(21)16-8-4-5-12(18)17-11-7-6-10(9-11)13(19)20/h6-7,10-11H,4-5,8-9H2,1-3H3,(H,16,21)(H,17,18)(H,19,20). The van der Waals surface area contributed by atoms with Crippen LogP contribution in [0.5, 0.6) is 0 Å². The molecule has 6 heteroatoms. The second kappa shape index (κ2) is 7.24. The van der Waals surface area contributed by atoms with Gasteiger partial charge in [-0.15, -0.1) is 0 Å². The molecule has 0 aromatic carbocycles. The first-order valence-electron chi connectivity index (χ1n) is 7.19. The van der Waals surface area contributed by atoms with E-state index in [9.17, 15) is 14.4 Å². The minimum absolute atomic E-state index is 0.0362. The molecule has 0 heterocycles. The third kappa shape index (κ3) is 5.97. The van der Waals surface area contributed by atoms with Crippen molar-refractivity contribution in [1.82, 2.24) is 10.6 Å². The summed E-state index contributed by atoms with van der Waals surface area (Å²) in [5.41, 5.74) is -0.428. The van der Waals surface area contributed by atoms with Crippen LogP contribution in [0.15, 0.2) is 12.2 Å². The molecule has 0 spiro atoms. The number of hydrogen-bond donors (Lipinski definition) is 3. The van der Waals surface area contributed by atoms with E-state index in [0.717, 1.165) is 0 Å². The summed E-state index contributed by atoms with van der Waals surface area (Å²) in [5.74, 6) is -1.54. The first-order chi connectivity index (χ1) is 9.70. The smallest absolute Gasteiger partial charge is 0.310 e. The summed E-state index contributed by atoms with van der Waals surface area (Å²) in [6.45, 7) is 5.96. The zero-order valence-electron chi connectivity index (χ0n) is 12.8. The van der Waals surface area contributed by atoms with Crippen LogP contribution in [-0.2, 0) is 14.4 Å². The summed E-state index contributed by atoms with van der Waals surface area (Å²) in [5, 5.41) is 14.4. The zero-order chi connectivity index (χ0) is 16.0. The van der Waals surface area contributed by atoms with Gasteiger partial charge in [0.2, 0.25) is 11.8 Å². The first kappa shape index (κ1) is 17.2. The normalized spacial score (nSPS) is 21.1. The van der Waals surface area contributed by atoms with E-state index in [1.807, 2.05) is 20.8 Å². The summed E-state index contributed by atoms with van der Waals surface area (Å²) in [6, 6.07) is -0.206. The van der Waals surface area contributed by atoms with Gasteiger partial charge in [-0.3, -0.25) is 14.4 Å². The Morgan fingerprint density at radius 3 is 2.43 bits per heavy atom. The largest absolute Gasteiger partial charge is 0.481 e. The predicted octanol–water partition coefficient (Wildman–Crippen LogP) is 1.07. The van der Waals surface area contributed by atoms with Crippen LogP contribution in [0.3, 0.4) is 0 Å². The Balaban J connectivity index is 2.17. The molecule has 118 valence electrons. The van der Waals surface area contributed by atoms with Gasteiger partial charge in [0.25, 0.3) is 0 Å². The molecule has 0 saturated carbocycles. The van der Waals surface area contributed by atoms with E-state index < -0.39 is 17.3 Å². The summed E-state index contributed by atoms with van der Waals surface area (Å²) >= 11 is 0. The summed E-state index contributed by atoms with van der Waals surface area (Å²) in [4.78, 5) is 34.1. The maximum atomic E-state index is 11.7. The van der Waals surface area contributed by atoms with Gasteiger partial charge in [-0.2, -0.15) is 0 Å². The zero-order valence-corrected chi connectivity index (χ0v) is 12.8. The maximum Gasteiger partial charge on any atom is 0.310 e. The summed E-state index contributed by atoms with van der Waals surface area (Å²) < 4.78 is 0. The van der Waals surface area contributed by atoms with Gasteiger partial charge in [-0.25, -0.2) is 0 Å². The fraction of sp³-hybridized carbons (Fsp3) is 0.667. The van der Waals surface area contributed by atoms with E-state index in [1.165, 1.54) is 0 Å². The Bertz CT molecular complexity index is 437. The van der Waals surface area contributed by atoms with E-state index in [-0.39, 0.29) is 17.9 Å². The highest BCUT2D eigenvalue weighted by Gasteiger charge is 2.25. The highest BCUT2D eigenvalue weighted by Crippen LogP contribution is 2.18. The predicted molar refractivity (Wildman–Crippen MR) is 78.5 cm³/mol. The van der Waals surface area contributed by atoms with Gasteiger partial charge >= 0.3 is 5.97 Å². The number of carboxylic acid groups (broad SMARTS) is 1. The van der Waals surface area contributed by atoms with Gasteiger partial charge in [0.05, 0.1) is 5.92 Å². The van der Waals surface area contributed by atoms with Gasteiger partial charge < -0.3 is 15.7 Å². The SMILES string of the molecule is CC(C)(C)C(=O)NCCCC(=O)NC1C=CC(C(=O)O)C1. The molecule has 2 atom stereocenters. The summed E-state index contributed by atoms with van der Waals surface area (Å²) in [6.07, 6.45) is 4.61. The van der Waals surface area contributed by atoms with Crippen LogP contribution in [0.4, 0.5) is 0 Å². The van der Waals surface area contributed by atoms with Crippen molar-refractivity contribution >= 4 is 17.8 Å². The fourth-order valence-electron chi connectivity index (χ4n) is 1.98. The van der Waals surface area contributed by atoms with Gasteiger partial charge in [0.1, 0.15) is 0 Å². The molecule has 0 aromatic rings. The van der Waals surface area contributed by atoms with E-state index in [1.54, 1.807) is 12.2 Å². The Hall–Kier alpha value is -1.85. The number of nitrogens with one attached hydrogen (secondary N) is 2. The number of carbonyl (C=O) groups excluding carboxylic acids is 2. The van der Waals surface area contributed by atoms with Crippen molar-refractivity contribution in [2.45, 2.75) is 46.1 Å². The first-order valence-corrected chi connectivity index (χ1v) is 7.19. The van der Waals surface area contributed by atoms with E-state index >= 15 is 0 Å². The van der Waals surface area contributed by atoms with Crippen molar-refractivity contribution < 1.29 is 19.5 Å². The Morgan fingerprint density at radius 2 is 1.90 bits per heavy atom. The Morgan fingerprint density at radius 1 is 1.24 bits per heavy atom. The number of hydrogen-bond acceptors (Lipinski definition) is 3. The molecular weight excluding hydrogens is 272 g/mol. The molecule has 3 N–H and O–H groups in total. The van der Waals surface area contributed by atoms with E-state index in [4.69, 9.17) is 5.11 Å². The second-order valence-corrected chi connectivity index (χ2v) is 6.35. The molecule has 0 aliphatic heterocycles. The monoisotopic (exact) mass is 296 g/mol. The van der Waals surface area contributed by atoms with E-state index in [0.29, 0.717) is 25.8 Å². The van der Waals surface area contributed by atoms with Crippen molar-refractivity contribution in [2.24, 2.45) is 11.3 Å². The number of aliphatic carboxylic acids is 1. The summed E-state index contributed by atoms with van der Waals surface area (Å²) in [7, 11) is 0. The fourth-order valence-corrected chi connectivity index (χ4v) is 1.98.